The maximum Gasteiger partial charge on any atom is 0.234 e. The van der Waals surface area contributed by atoms with Gasteiger partial charge in [0.25, 0.3) is 0 Å². The molecule has 1 N–H and O–H groups in total. The van der Waals surface area contributed by atoms with E-state index in [0.29, 0.717) is 11.3 Å². The number of aryl methyl sites for hydroxylation is 1. The van der Waals surface area contributed by atoms with Gasteiger partial charge in [-0.15, -0.1) is 10.2 Å². The van der Waals surface area contributed by atoms with Gasteiger partial charge in [0.05, 0.1) is 5.75 Å². The van der Waals surface area contributed by atoms with Gasteiger partial charge < -0.3 is 9.88 Å². The van der Waals surface area contributed by atoms with Crippen molar-refractivity contribution in [3.63, 3.8) is 0 Å². The molecule has 1 aromatic heterocycles. The van der Waals surface area contributed by atoms with Gasteiger partial charge in [-0.3, -0.25) is 9.59 Å². The summed E-state index contributed by atoms with van der Waals surface area (Å²) in [4.78, 5) is 23.7. The fourth-order valence-corrected chi connectivity index (χ4v) is 4.37. The first-order valence-corrected chi connectivity index (χ1v) is 10.9. The van der Waals surface area contributed by atoms with E-state index >= 15 is 0 Å². The Bertz CT molecular complexity index is 828. The second-order valence-electron chi connectivity index (χ2n) is 7.47. The van der Waals surface area contributed by atoms with Crippen molar-refractivity contribution in [3.05, 3.63) is 35.7 Å². The van der Waals surface area contributed by atoms with Gasteiger partial charge >= 0.3 is 0 Å². The number of hydrogen-bond donors (Lipinski definition) is 1. The Morgan fingerprint density at radius 1 is 1.21 bits per heavy atom. The SMILES string of the molecule is CC(=O)c1cccc(NC(=O)CSc2nnc(CCC3CCCCC3)n2C)c1. The van der Waals surface area contributed by atoms with Crippen LogP contribution >= 0.6 is 11.8 Å². The van der Waals surface area contributed by atoms with E-state index in [4.69, 9.17) is 0 Å². The van der Waals surface area contributed by atoms with Crippen LogP contribution in [0, 0.1) is 5.92 Å². The summed E-state index contributed by atoms with van der Waals surface area (Å²) in [6.07, 6.45) is 8.88. The lowest BCUT2D eigenvalue weighted by atomic mass is 9.86. The number of Topliss-reactive ketones (excluding diaryl/α,β-unsaturated/α-hetero) is 1. The van der Waals surface area contributed by atoms with Crippen LogP contribution in [0.25, 0.3) is 0 Å². The van der Waals surface area contributed by atoms with Crippen molar-refractivity contribution in [2.75, 3.05) is 11.1 Å². The molecule has 2 aromatic rings. The number of anilines is 1. The predicted molar refractivity (Wildman–Crippen MR) is 112 cm³/mol. The molecule has 1 heterocycles. The molecule has 0 bridgehead atoms. The third kappa shape index (κ3) is 5.67. The van der Waals surface area contributed by atoms with E-state index in [1.807, 2.05) is 11.6 Å². The quantitative estimate of drug-likeness (QED) is 0.529. The molecule has 0 unspecified atom stereocenters. The minimum Gasteiger partial charge on any atom is -0.325 e. The first-order valence-electron chi connectivity index (χ1n) is 9.95. The molecule has 1 aliphatic carbocycles. The molecular weight excluding hydrogens is 372 g/mol. The summed E-state index contributed by atoms with van der Waals surface area (Å²) >= 11 is 1.38. The number of carbonyl (C=O) groups excluding carboxylic acids is 2. The number of rotatable bonds is 8. The highest BCUT2D eigenvalue weighted by Crippen LogP contribution is 2.27. The van der Waals surface area contributed by atoms with Crippen LogP contribution in [0.4, 0.5) is 5.69 Å². The smallest absolute Gasteiger partial charge is 0.234 e. The van der Waals surface area contributed by atoms with Gasteiger partial charge in [-0.05, 0) is 31.4 Å². The zero-order valence-corrected chi connectivity index (χ0v) is 17.4. The van der Waals surface area contributed by atoms with Crippen LogP contribution in [-0.4, -0.2) is 32.2 Å². The fraction of sp³-hybridized carbons (Fsp3) is 0.524. The Morgan fingerprint density at radius 3 is 2.75 bits per heavy atom. The van der Waals surface area contributed by atoms with Gasteiger partial charge in [0.1, 0.15) is 5.82 Å². The molecule has 150 valence electrons. The van der Waals surface area contributed by atoms with Gasteiger partial charge in [-0.25, -0.2) is 0 Å². The highest BCUT2D eigenvalue weighted by Gasteiger charge is 2.16. The molecule has 0 saturated heterocycles. The van der Waals surface area contributed by atoms with Crippen LogP contribution in [0.2, 0.25) is 0 Å². The van der Waals surface area contributed by atoms with E-state index in [9.17, 15) is 9.59 Å². The molecule has 1 fully saturated rings. The van der Waals surface area contributed by atoms with E-state index in [1.54, 1.807) is 24.3 Å². The van der Waals surface area contributed by atoms with Crippen molar-refractivity contribution in [1.82, 2.24) is 14.8 Å². The van der Waals surface area contributed by atoms with Crippen LogP contribution in [0.1, 0.15) is 61.6 Å². The van der Waals surface area contributed by atoms with Crippen molar-refractivity contribution in [1.29, 1.82) is 0 Å². The van der Waals surface area contributed by atoms with E-state index in [0.717, 1.165) is 23.3 Å². The van der Waals surface area contributed by atoms with E-state index < -0.39 is 0 Å². The third-order valence-electron chi connectivity index (χ3n) is 5.31. The van der Waals surface area contributed by atoms with E-state index in [-0.39, 0.29) is 17.4 Å². The molecule has 0 radical (unpaired) electrons. The minimum absolute atomic E-state index is 0.0229. The van der Waals surface area contributed by atoms with Crippen molar-refractivity contribution in [2.45, 2.75) is 57.0 Å². The van der Waals surface area contributed by atoms with E-state index in [1.165, 1.54) is 57.2 Å². The van der Waals surface area contributed by atoms with Gasteiger partial charge in [0.15, 0.2) is 10.9 Å². The number of aromatic nitrogens is 3. The normalized spacial score (nSPS) is 14.8. The fourth-order valence-electron chi connectivity index (χ4n) is 3.64. The second kappa shape index (κ2) is 9.87. The van der Waals surface area contributed by atoms with Crippen LogP contribution in [0.15, 0.2) is 29.4 Å². The first kappa shape index (κ1) is 20.6. The number of amides is 1. The number of carbonyl (C=O) groups is 2. The molecule has 0 spiro atoms. The molecule has 28 heavy (non-hydrogen) atoms. The number of nitrogens with zero attached hydrogens (tertiary/aromatic N) is 3. The molecule has 7 heteroatoms. The summed E-state index contributed by atoms with van der Waals surface area (Å²) in [6.45, 7) is 1.51. The number of thioether (sulfide) groups is 1. The maximum atomic E-state index is 12.2. The summed E-state index contributed by atoms with van der Waals surface area (Å²) in [6, 6.07) is 6.97. The lowest BCUT2D eigenvalue weighted by molar-refractivity contribution is -0.113. The molecule has 1 aromatic carbocycles. The Hall–Kier alpha value is -2.15. The second-order valence-corrected chi connectivity index (χ2v) is 8.42. The van der Waals surface area contributed by atoms with Gasteiger partial charge in [0.2, 0.25) is 5.91 Å². The molecule has 1 aliphatic rings. The van der Waals surface area contributed by atoms with Gasteiger partial charge in [-0.1, -0.05) is 56.0 Å². The first-order chi connectivity index (χ1) is 13.5. The number of ketones is 1. The Balaban J connectivity index is 1.49. The Morgan fingerprint density at radius 2 is 2.00 bits per heavy atom. The lowest BCUT2D eigenvalue weighted by Gasteiger charge is -2.20. The molecule has 0 atom stereocenters. The molecule has 1 amide bonds. The standard InChI is InChI=1S/C21H28N4O2S/c1-15(26)17-9-6-10-18(13-17)22-20(27)14-28-21-24-23-19(25(21)2)12-11-16-7-4-3-5-8-16/h6,9-10,13,16H,3-5,7-8,11-12,14H2,1-2H3,(H,22,27). The summed E-state index contributed by atoms with van der Waals surface area (Å²) in [5.41, 5.74) is 1.21. The van der Waals surface area contributed by atoms with Crippen LogP contribution in [-0.2, 0) is 18.3 Å². The molecule has 3 rings (SSSR count). The molecule has 1 saturated carbocycles. The van der Waals surface area contributed by atoms with Crippen molar-refractivity contribution < 1.29 is 9.59 Å². The van der Waals surface area contributed by atoms with Crippen LogP contribution in [0.3, 0.4) is 0 Å². The molecule has 6 nitrogen and oxygen atoms in total. The average molecular weight is 401 g/mol. The molecular formula is C21H28N4O2S. The predicted octanol–water partition coefficient (Wildman–Crippen LogP) is 4.26. The van der Waals surface area contributed by atoms with E-state index in [2.05, 4.69) is 15.5 Å². The summed E-state index contributed by atoms with van der Waals surface area (Å²) in [5.74, 6) is 1.90. The highest BCUT2D eigenvalue weighted by molar-refractivity contribution is 7.99. The van der Waals surface area contributed by atoms with Crippen LogP contribution in [0.5, 0.6) is 0 Å². The van der Waals surface area contributed by atoms with Crippen LogP contribution < -0.4 is 5.32 Å². The highest BCUT2D eigenvalue weighted by atomic mass is 32.2. The maximum absolute atomic E-state index is 12.2. The van der Waals surface area contributed by atoms with Gasteiger partial charge in [-0.2, -0.15) is 0 Å². The number of nitrogens with one attached hydrogen (secondary N) is 1. The third-order valence-corrected chi connectivity index (χ3v) is 6.33. The average Bonchev–Trinajstić information content (AvgIpc) is 3.05. The zero-order valence-electron chi connectivity index (χ0n) is 16.6. The lowest BCUT2D eigenvalue weighted by Crippen LogP contribution is -2.15. The Labute approximate surface area is 170 Å². The Kier molecular flexibility index (Phi) is 7.25. The van der Waals surface area contributed by atoms with Crippen molar-refractivity contribution in [2.24, 2.45) is 13.0 Å². The monoisotopic (exact) mass is 400 g/mol. The summed E-state index contributed by atoms with van der Waals surface area (Å²) in [5, 5.41) is 12.2. The number of benzene rings is 1. The number of hydrogen-bond acceptors (Lipinski definition) is 5. The summed E-state index contributed by atoms with van der Waals surface area (Å²) < 4.78 is 2.00. The van der Waals surface area contributed by atoms with Crippen molar-refractivity contribution in [3.8, 4) is 0 Å². The minimum atomic E-state index is -0.127. The topological polar surface area (TPSA) is 76.9 Å². The molecule has 0 aliphatic heterocycles. The largest absolute Gasteiger partial charge is 0.325 e. The zero-order chi connectivity index (χ0) is 19.9. The summed E-state index contributed by atoms with van der Waals surface area (Å²) in [7, 11) is 1.97. The van der Waals surface area contributed by atoms with Crippen molar-refractivity contribution >= 4 is 29.1 Å². The van der Waals surface area contributed by atoms with Gasteiger partial charge in [0, 0.05) is 24.7 Å².